The quantitative estimate of drug-likeness (QED) is 0.851. The zero-order valence-electron chi connectivity index (χ0n) is 13.2. The van der Waals surface area contributed by atoms with Gasteiger partial charge in [0.15, 0.2) is 0 Å². The Morgan fingerprint density at radius 1 is 1.17 bits per heavy atom. The molecule has 23 heavy (non-hydrogen) atoms. The fourth-order valence-electron chi connectivity index (χ4n) is 2.93. The Hall–Kier alpha value is -2.22. The first-order chi connectivity index (χ1) is 11.3. The number of rotatable bonds is 5. The molecule has 2 heterocycles. The summed E-state index contributed by atoms with van der Waals surface area (Å²) >= 11 is 0. The summed E-state index contributed by atoms with van der Waals surface area (Å²) in [5.41, 5.74) is 3.07. The Labute approximate surface area is 137 Å². The predicted molar refractivity (Wildman–Crippen MR) is 88.5 cm³/mol. The Morgan fingerprint density at radius 3 is 2.74 bits per heavy atom. The maximum absolute atomic E-state index is 8.97. The van der Waals surface area contributed by atoms with Crippen molar-refractivity contribution in [2.45, 2.75) is 32.1 Å². The van der Waals surface area contributed by atoms with Crippen molar-refractivity contribution < 1.29 is 4.74 Å². The fraction of sp³-hybridized carbons (Fsp3) is 0.368. The SMILES string of the molecule is N#Cc1cccc(CN2CCC(OCc3cccnc3)CC2)c1. The average Bonchev–Trinajstić information content (AvgIpc) is 2.62. The lowest BCUT2D eigenvalue weighted by molar-refractivity contribution is -0.00403. The number of piperidine rings is 1. The number of likely N-dealkylation sites (tertiary alicyclic amines) is 1. The van der Waals surface area contributed by atoms with Crippen LogP contribution in [0.25, 0.3) is 0 Å². The van der Waals surface area contributed by atoms with Crippen LogP contribution < -0.4 is 0 Å². The number of nitrogens with zero attached hydrogens (tertiary/aromatic N) is 3. The second-order valence-corrected chi connectivity index (χ2v) is 5.96. The van der Waals surface area contributed by atoms with Crippen LogP contribution in [-0.2, 0) is 17.9 Å². The zero-order valence-corrected chi connectivity index (χ0v) is 13.2. The molecule has 1 aliphatic heterocycles. The molecule has 3 rings (SSSR count). The summed E-state index contributed by atoms with van der Waals surface area (Å²) in [7, 11) is 0. The van der Waals surface area contributed by atoms with Gasteiger partial charge >= 0.3 is 0 Å². The molecule has 118 valence electrons. The molecule has 0 spiro atoms. The molecule has 1 aromatic carbocycles. The van der Waals surface area contributed by atoms with Gasteiger partial charge in [-0.2, -0.15) is 5.26 Å². The van der Waals surface area contributed by atoms with E-state index in [9.17, 15) is 0 Å². The zero-order chi connectivity index (χ0) is 15.9. The van der Waals surface area contributed by atoms with Crippen molar-refractivity contribution in [2.75, 3.05) is 13.1 Å². The molecule has 0 unspecified atom stereocenters. The minimum absolute atomic E-state index is 0.330. The van der Waals surface area contributed by atoms with Gasteiger partial charge in [-0.05, 0) is 42.2 Å². The van der Waals surface area contributed by atoms with Crippen molar-refractivity contribution in [3.63, 3.8) is 0 Å². The molecule has 0 radical (unpaired) electrons. The van der Waals surface area contributed by atoms with Crippen molar-refractivity contribution in [3.05, 3.63) is 65.5 Å². The number of ether oxygens (including phenoxy) is 1. The molecule has 4 heteroatoms. The smallest absolute Gasteiger partial charge is 0.0991 e. The number of benzene rings is 1. The highest BCUT2D eigenvalue weighted by Crippen LogP contribution is 2.18. The lowest BCUT2D eigenvalue weighted by atomic mass is 10.1. The molecular formula is C19H21N3O. The minimum atomic E-state index is 0.330. The van der Waals surface area contributed by atoms with E-state index in [0.29, 0.717) is 12.7 Å². The van der Waals surface area contributed by atoms with E-state index in [2.05, 4.69) is 22.0 Å². The summed E-state index contributed by atoms with van der Waals surface area (Å²) in [6, 6.07) is 14.1. The van der Waals surface area contributed by atoms with Crippen molar-refractivity contribution in [1.82, 2.24) is 9.88 Å². The van der Waals surface area contributed by atoms with Gasteiger partial charge in [0.25, 0.3) is 0 Å². The first kappa shape index (κ1) is 15.7. The third-order valence-corrected chi connectivity index (χ3v) is 4.21. The molecular weight excluding hydrogens is 286 g/mol. The van der Waals surface area contributed by atoms with E-state index in [4.69, 9.17) is 10.00 Å². The highest BCUT2D eigenvalue weighted by atomic mass is 16.5. The lowest BCUT2D eigenvalue weighted by Crippen LogP contribution is -2.36. The molecule has 0 amide bonds. The minimum Gasteiger partial charge on any atom is -0.373 e. The van der Waals surface area contributed by atoms with E-state index >= 15 is 0 Å². The van der Waals surface area contributed by atoms with Gasteiger partial charge in [-0.15, -0.1) is 0 Å². The van der Waals surface area contributed by atoms with Gasteiger partial charge in [0, 0.05) is 32.0 Å². The van der Waals surface area contributed by atoms with E-state index in [-0.39, 0.29) is 0 Å². The van der Waals surface area contributed by atoms with Gasteiger partial charge in [0.05, 0.1) is 24.3 Å². The topological polar surface area (TPSA) is 49.2 Å². The molecule has 0 N–H and O–H groups in total. The maximum atomic E-state index is 8.97. The molecule has 4 nitrogen and oxygen atoms in total. The second kappa shape index (κ2) is 7.87. The van der Waals surface area contributed by atoms with E-state index in [1.165, 1.54) is 5.56 Å². The number of hydrogen-bond donors (Lipinski definition) is 0. The molecule has 2 aromatic rings. The van der Waals surface area contributed by atoms with Crippen LogP contribution in [0.15, 0.2) is 48.8 Å². The fourth-order valence-corrected chi connectivity index (χ4v) is 2.93. The molecule has 1 aliphatic rings. The average molecular weight is 307 g/mol. The maximum Gasteiger partial charge on any atom is 0.0991 e. The first-order valence-corrected chi connectivity index (χ1v) is 8.05. The third-order valence-electron chi connectivity index (χ3n) is 4.21. The molecule has 0 bridgehead atoms. The first-order valence-electron chi connectivity index (χ1n) is 8.05. The van der Waals surface area contributed by atoms with Crippen molar-refractivity contribution in [3.8, 4) is 6.07 Å². The number of aromatic nitrogens is 1. The van der Waals surface area contributed by atoms with E-state index < -0.39 is 0 Å². The number of pyridine rings is 1. The lowest BCUT2D eigenvalue weighted by Gasteiger charge is -2.32. The van der Waals surface area contributed by atoms with Crippen LogP contribution in [-0.4, -0.2) is 29.1 Å². The summed E-state index contributed by atoms with van der Waals surface area (Å²) < 4.78 is 5.99. The summed E-state index contributed by atoms with van der Waals surface area (Å²) in [5, 5.41) is 8.97. The third kappa shape index (κ3) is 4.62. The highest BCUT2D eigenvalue weighted by molar-refractivity contribution is 5.32. The normalized spacial score (nSPS) is 16.1. The molecule has 1 fully saturated rings. The number of hydrogen-bond acceptors (Lipinski definition) is 4. The molecule has 0 aliphatic carbocycles. The summed E-state index contributed by atoms with van der Waals surface area (Å²) in [6.45, 7) is 3.62. The summed E-state index contributed by atoms with van der Waals surface area (Å²) in [4.78, 5) is 6.54. The Bertz CT molecular complexity index is 658. The molecule has 0 saturated carbocycles. The van der Waals surface area contributed by atoms with Gasteiger partial charge in [-0.25, -0.2) is 0 Å². The number of nitriles is 1. The van der Waals surface area contributed by atoms with Crippen LogP contribution in [0.1, 0.15) is 29.5 Å². The summed E-state index contributed by atoms with van der Waals surface area (Å²) in [5.74, 6) is 0. The van der Waals surface area contributed by atoms with E-state index in [1.807, 2.05) is 36.5 Å². The van der Waals surface area contributed by atoms with Crippen LogP contribution in [0, 0.1) is 11.3 Å². The van der Waals surface area contributed by atoms with Crippen molar-refractivity contribution in [1.29, 1.82) is 5.26 Å². The van der Waals surface area contributed by atoms with Crippen molar-refractivity contribution in [2.24, 2.45) is 0 Å². The largest absolute Gasteiger partial charge is 0.373 e. The van der Waals surface area contributed by atoms with Crippen LogP contribution >= 0.6 is 0 Å². The predicted octanol–water partition coefficient (Wildman–Crippen LogP) is 3.13. The molecule has 1 saturated heterocycles. The standard InChI is InChI=1S/C19H21N3O/c20-12-16-3-1-4-17(11-16)14-22-9-6-19(7-10-22)23-15-18-5-2-8-21-13-18/h1-5,8,11,13,19H,6-7,9-10,14-15H2. The highest BCUT2D eigenvalue weighted by Gasteiger charge is 2.19. The van der Waals surface area contributed by atoms with Gasteiger partial charge in [-0.1, -0.05) is 18.2 Å². The Morgan fingerprint density at radius 2 is 2.00 bits per heavy atom. The van der Waals surface area contributed by atoms with Crippen LogP contribution in [0.5, 0.6) is 0 Å². The van der Waals surface area contributed by atoms with Crippen LogP contribution in [0.4, 0.5) is 0 Å². The van der Waals surface area contributed by atoms with Gasteiger partial charge in [0.1, 0.15) is 0 Å². The monoisotopic (exact) mass is 307 g/mol. The van der Waals surface area contributed by atoms with Crippen LogP contribution in [0.2, 0.25) is 0 Å². The molecule has 1 aromatic heterocycles. The Balaban J connectivity index is 1.44. The Kier molecular flexibility index (Phi) is 5.36. The molecule has 0 atom stereocenters. The second-order valence-electron chi connectivity index (χ2n) is 5.96. The van der Waals surface area contributed by atoms with Gasteiger partial charge in [0.2, 0.25) is 0 Å². The van der Waals surface area contributed by atoms with Crippen LogP contribution in [0.3, 0.4) is 0 Å². The van der Waals surface area contributed by atoms with E-state index in [1.54, 1.807) is 6.20 Å². The van der Waals surface area contributed by atoms with Crippen molar-refractivity contribution >= 4 is 0 Å². The van der Waals surface area contributed by atoms with Gasteiger partial charge < -0.3 is 4.74 Å². The van der Waals surface area contributed by atoms with E-state index in [0.717, 1.165) is 43.6 Å². The van der Waals surface area contributed by atoms with Gasteiger partial charge in [-0.3, -0.25) is 9.88 Å². The summed E-state index contributed by atoms with van der Waals surface area (Å²) in [6.07, 6.45) is 6.08.